The molecule has 0 aromatic heterocycles. The van der Waals surface area contributed by atoms with Crippen LogP contribution >= 0.6 is 39.7 Å². The van der Waals surface area contributed by atoms with E-state index in [0.717, 1.165) is 17.7 Å². The molecule has 0 saturated carbocycles. The lowest BCUT2D eigenvalue weighted by Gasteiger charge is -2.13. The maximum absolute atomic E-state index is 13.7. The quantitative estimate of drug-likeness (QED) is 0.661. The van der Waals surface area contributed by atoms with Gasteiger partial charge in [0.05, 0.1) is 5.69 Å². The summed E-state index contributed by atoms with van der Waals surface area (Å²) in [7, 11) is 0. The Morgan fingerprint density at radius 2 is 1.90 bits per heavy atom. The molecule has 2 aromatic carbocycles. The first kappa shape index (κ1) is 16.1. The summed E-state index contributed by atoms with van der Waals surface area (Å²) in [5, 5.41) is 6.32. The minimum atomic E-state index is -0.743. The molecular formula is C14H10BrClF2N2S. The lowest BCUT2D eigenvalue weighted by Crippen LogP contribution is -2.20. The summed E-state index contributed by atoms with van der Waals surface area (Å²) in [6, 6.07) is 7.27. The molecule has 0 aliphatic heterocycles. The number of hydrogen-bond acceptors (Lipinski definition) is 1. The molecule has 0 fully saturated rings. The highest BCUT2D eigenvalue weighted by Crippen LogP contribution is 2.27. The van der Waals surface area contributed by atoms with Crippen molar-refractivity contribution in [1.29, 1.82) is 0 Å². The van der Waals surface area contributed by atoms with Crippen molar-refractivity contribution in [2.75, 3.05) is 10.6 Å². The highest BCUT2D eigenvalue weighted by molar-refractivity contribution is 9.10. The molecule has 21 heavy (non-hydrogen) atoms. The molecule has 110 valence electrons. The smallest absolute Gasteiger partial charge is 0.175 e. The topological polar surface area (TPSA) is 24.1 Å². The van der Waals surface area contributed by atoms with E-state index in [-0.39, 0.29) is 15.3 Å². The van der Waals surface area contributed by atoms with Crippen molar-refractivity contribution < 1.29 is 8.78 Å². The van der Waals surface area contributed by atoms with Gasteiger partial charge in [0.15, 0.2) is 10.9 Å². The van der Waals surface area contributed by atoms with Crippen molar-refractivity contribution in [3.63, 3.8) is 0 Å². The van der Waals surface area contributed by atoms with Crippen LogP contribution in [0.4, 0.5) is 20.2 Å². The average molecular weight is 392 g/mol. The Hall–Kier alpha value is -1.24. The number of halogens is 4. The van der Waals surface area contributed by atoms with E-state index < -0.39 is 11.6 Å². The molecule has 0 atom stereocenters. The minimum absolute atomic E-state index is 0.0621. The van der Waals surface area contributed by atoms with Crippen molar-refractivity contribution in [3.8, 4) is 0 Å². The highest BCUT2D eigenvalue weighted by atomic mass is 79.9. The Kier molecular flexibility index (Phi) is 5.13. The zero-order chi connectivity index (χ0) is 15.6. The lowest BCUT2D eigenvalue weighted by molar-refractivity contribution is 0.585. The highest BCUT2D eigenvalue weighted by Gasteiger charge is 2.11. The van der Waals surface area contributed by atoms with Crippen LogP contribution in [0.25, 0.3) is 0 Å². The molecule has 0 radical (unpaired) electrons. The number of rotatable bonds is 2. The number of nitrogens with one attached hydrogen (secondary N) is 2. The molecule has 0 amide bonds. The summed E-state index contributed by atoms with van der Waals surface area (Å²) in [6.07, 6.45) is 0. The van der Waals surface area contributed by atoms with Crippen LogP contribution < -0.4 is 10.6 Å². The summed E-state index contributed by atoms with van der Waals surface area (Å²) < 4.78 is 26.9. The molecule has 0 saturated heterocycles. The van der Waals surface area contributed by atoms with Gasteiger partial charge in [-0.2, -0.15) is 0 Å². The lowest BCUT2D eigenvalue weighted by atomic mass is 10.2. The van der Waals surface area contributed by atoms with E-state index in [2.05, 4.69) is 26.6 Å². The Bertz CT molecular complexity index is 686. The van der Waals surface area contributed by atoms with Crippen LogP contribution in [0.2, 0.25) is 5.02 Å². The van der Waals surface area contributed by atoms with Gasteiger partial charge in [0.1, 0.15) is 5.82 Å². The van der Waals surface area contributed by atoms with Crippen molar-refractivity contribution >= 4 is 56.2 Å². The predicted molar refractivity (Wildman–Crippen MR) is 90.1 cm³/mol. The average Bonchev–Trinajstić information content (AvgIpc) is 2.38. The summed E-state index contributed by atoms with van der Waals surface area (Å²) >= 11 is 14.2. The first-order valence-electron chi connectivity index (χ1n) is 5.85. The molecule has 0 bridgehead atoms. The molecule has 0 aliphatic carbocycles. The van der Waals surface area contributed by atoms with Crippen LogP contribution in [0.5, 0.6) is 0 Å². The van der Waals surface area contributed by atoms with E-state index >= 15 is 0 Å². The molecule has 0 spiro atoms. The fraction of sp³-hybridized carbons (Fsp3) is 0.0714. The van der Waals surface area contributed by atoms with Crippen LogP contribution in [-0.2, 0) is 0 Å². The van der Waals surface area contributed by atoms with E-state index in [1.165, 1.54) is 0 Å². The van der Waals surface area contributed by atoms with Gasteiger partial charge in [-0.1, -0.05) is 17.7 Å². The summed E-state index contributed by atoms with van der Waals surface area (Å²) in [6.45, 7) is 1.88. The van der Waals surface area contributed by atoms with Crippen molar-refractivity contribution in [2.45, 2.75) is 6.92 Å². The van der Waals surface area contributed by atoms with E-state index in [0.29, 0.717) is 10.7 Å². The van der Waals surface area contributed by atoms with Gasteiger partial charge in [0.2, 0.25) is 0 Å². The van der Waals surface area contributed by atoms with Crippen LogP contribution in [0.15, 0.2) is 34.8 Å². The first-order valence-corrected chi connectivity index (χ1v) is 7.43. The Morgan fingerprint density at radius 3 is 2.52 bits per heavy atom. The van der Waals surface area contributed by atoms with Gasteiger partial charge < -0.3 is 10.6 Å². The van der Waals surface area contributed by atoms with E-state index in [9.17, 15) is 8.78 Å². The van der Waals surface area contributed by atoms with Crippen molar-refractivity contribution in [1.82, 2.24) is 0 Å². The molecule has 2 N–H and O–H groups in total. The second-order valence-corrected chi connectivity index (χ2v) is 5.96. The molecule has 2 aromatic rings. The third kappa shape index (κ3) is 4.12. The molecule has 2 rings (SSSR count). The largest absolute Gasteiger partial charge is 0.332 e. The van der Waals surface area contributed by atoms with Crippen molar-refractivity contribution in [2.24, 2.45) is 0 Å². The fourth-order valence-corrected chi connectivity index (χ4v) is 2.52. The van der Waals surface area contributed by atoms with E-state index in [1.807, 2.05) is 13.0 Å². The third-order valence-electron chi connectivity index (χ3n) is 2.68. The molecule has 0 unspecified atom stereocenters. The van der Waals surface area contributed by atoms with E-state index in [4.69, 9.17) is 23.8 Å². The van der Waals surface area contributed by atoms with Gasteiger partial charge in [-0.15, -0.1) is 0 Å². The standard InChI is InChI=1S/C14H10BrClF2N2S/c1-7-2-3-9(6-11(7)16)19-14(21)20-13-10(15)4-8(17)5-12(13)18/h2-6H,1H3,(H2,19,20,21). The van der Waals surface area contributed by atoms with Crippen LogP contribution in [0.3, 0.4) is 0 Å². The number of benzene rings is 2. The maximum atomic E-state index is 13.7. The van der Waals surface area contributed by atoms with Crippen LogP contribution in [0, 0.1) is 18.6 Å². The normalized spacial score (nSPS) is 10.3. The first-order chi connectivity index (χ1) is 9.86. The van der Waals surface area contributed by atoms with Gasteiger partial charge in [0.25, 0.3) is 0 Å². The molecular weight excluding hydrogens is 382 g/mol. The molecule has 2 nitrogen and oxygen atoms in total. The zero-order valence-electron chi connectivity index (χ0n) is 10.8. The number of aryl methyl sites for hydroxylation is 1. The number of anilines is 2. The fourth-order valence-electron chi connectivity index (χ4n) is 1.61. The maximum Gasteiger partial charge on any atom is 0.175 e. The molecule has 0 heterocycles. The molecule has 0 aliphatic rings. The van der Waals surface area contributed by atoms with Crippen LogP contribution in [0.1, 0.15) is 5.56 Å². The Labute approximate surface area is 139 Å². The SMILES string of the molecule is Cc1ccc(NC(=S)Nc2c(F)cc(F)cc2Br)cc1Cl. The van der Waals surface area contributed by atoms with Gasteiger partial charge >= 0.3 is 0 Å². The Balaban J connectivity index is 2.13. The predicted octanol–water partition coefficient (Wildman–Crippen LogP) is 5.50. The van der Waals surface area contributed by atoms with Gasteiger partial charge in [-0.25, -0.2) is 8.78 Å². The van der Waals surface area contributed by atoms with E-state index in [1.54, 1.807) is 12.1 Å². The number of thiocarbonyl (C=S) groups is 1. The second kappa shape index (κ2) is 6.68. The summed E-state index contributed by atoms with van der Waals surface area (Å²) in [4.78, 5) is 0. The van der Waals surface area contributed by atoms with Gasteiger partial charge in [-0.05, 0) is 58.8 Å². The monoisotopic (exact) mass is 390 g/mol. The minimum Gasteiger partial charge on any atom is -0.332 e. The summed E-state index contributed by atoms with van der Waals surface area (Å²) in [5.74, 6) is -1.41. The second-order valence-electron chi connectivity index (χ2n) is 4.29. The zero-order valence-corrected chi connectivity index (χ0v) is 14.0. The number of hydrogen-bond donors (Lipinski definition) is 2. The van der Waals surface area contributed by atoms with Gasteiger partial charge in [-0.3, -0.25) is 0 Å². The van der Waals surface area contributed by atoms with Crippen LogP contribution in [-0.4, -0.2) is 5.11 Å². The third-order valence-corrected chi connectivity index (χ3v) is 3.91. The van der Waals surface area contributed by atoms with Gasteiger partial charge in [0, 0.05) is 21.2 Å². The van der Waals surface area contributed by atoms with Crippen molar-refractivity contribution in [3.05, 3.63) is 57.0 Å². The summed E-state index contributed by atoms with van der Waals surface area (Å²) in [5.41, 5.74) is 1.67. The molecule has 7 heteroatoms. The Morgan fingerprint density at radius 1 is 1.19 bits per heavy atom.